The number of aliphatic hydroxyl groups excluding tert-OH is 1. The quantitative estimate of drug-likeness (QED) is 0.309. The fourth-order valence-corrected chi connectivity index (χ4v) is 9.80. The Morgan fingerprint density at radius 1 is 0.915 bits per heavy atom. The summed E-state index contributed by atoms with van der Waals surface area (Å²) in [6.45, 7) is 0.0617. The normalized spacial score (nSPS) is 30.7. The van der Waals surface area contributed by atoms with Crippen molar-refractivity contribution in [3.8, 4) is 11.1 Å². The minimum absolute atomic E-state index is 0.0617. The molecule has 5 saturated carbocycles. The lowest BCUT2D eigenvalue weighted by Crippen LogP contribution is -2.57. The summed E-state index contributed by atoms with van der Waals surface area (Å²) < 4.78 is 1.80. The van der Waals surface area contributed by atoms with E-state index in [0.29, 0.717) is 23.7 Å². The lowest BCUT2D eigenvalue weighted by Gasteiger charge is -2.59. The van der Waals surface area contributed by atoms with Crippen molar-refractivity contribution in [2.75, 3.05) is 6.54 Å². The number of hydrogen-bond donors (Lipinski definition) is 3. The van der Waals surface area contributed by atoms with Gasteiger partial charge in [-0.25, -0.2) is 4.68 Å². The summed E-state index contributed by atoms with van der Waals surface area (Å²) in [5, 5.41) is 22.7. The first kappa shape index (κ1) is 30.3. The van der Waals surface area contributed by atoms with Gasteiger partial charge < -0.3 is 21.1 Å². The van der Waals surface area contributed by atoms with Crippen molar-refractivity contribution in [2.24, 2.45) is 28.9 Å². The molecule has 1 aliphatic heterocycles. The molecule has 1 saturated heterocycles. The predicted molar refractivity (Wildman–Crippen MR) is 174 cm³/mol. The average molecular weight is 637 g/mol. The van der Waals surface area contributed by atoms with E-state index in [0.717, 1.165) is 54.5 Å². The van der Waals surface area contributed by atoms with Gasteiger partial charge in [-0.1, -0.05) is 59.8 Å². The van der Waals surface area contributed by atoms with Gasteiger partial charge in [0.15, 0.2) is 0 Å². The molecule has 6 aliphatic rings. The maximum atomic E-state index is 14.8. The first-order valence-corrected chi connectivity index (χ1v) is 17.4. The molecule has 1 aromatic heterocycles. The number of benzene rings is 2. The molecule has 4 bridgehead atoms. The number of nitrogens with zero attached hydrogens (tertiary/aromatic N) is 4. The maximum absolute atomic E-state index is 14.8. The number of aliphatic hydroxyl groups is 1. The topological polar surface area (TPSA) is 143 Å². The van der Waals surface area contributed by atoms with E-state index >= 15 is 0 Å². The SMILES string of the molecule is NC(=O)[C@@H](Cc1ccc(-c2ccccc2)cc1)NC(=O)[C@@H]1C[C@@H](O)CN1C(=O)[C@@H](n1cc(C2CC2)nn1)C12CC3CC(CC(C3)C1)C2. The van der Waals surface area contributed by atoms with Crippen molar-refractivity contribution in [2.45, 2.75) is 94.4 Å². The van der Waals surface area contributed by atoms with Crippen LogP contribution >= 0.6 is 0 Å². The molecular formula is C37H44N6O4. The number of carbonyl (C=O) groups excluding carboxylic acids is 3. The van der Waals surface area contributed by atoms with E-state index in [1.807, 2.05) is 60.8 Å². The standard InChI is InChI=1S/C37H44N6O4/c38-34(45)30(15-22-6-8-27(9-7-22)26-4-2-1-3-5-26)39-35(46)32-16-29(44)20-42(32)36(47)33(43-21-31(40-41-43)28-10-11-28)37-17-23-12-24(18-37)14-25(13-23)19-37/h1-9,21,23-25,28-30,32-33,44H,10-20H2,(H2,38,45)(H,39,46)/t23?,24?,25?,29-,30-,32+,33-,37?/m1/s1. The van der Waals surface area contributed by atoms with Crippen LogP contribution in [-0.2, 0) is 20.8 Å². The highest BCUT2D eigenvalue weighted by molar-refractivity contribution is 5.93. The zero-order valence-corrected chi connectivity index (χ0v) is 26.7. The smallest absolute Gasteiger partial charge is 0.248 e. The van der Waals surface area contributed by atoms with E-state index in [2.05, 4.69) is 15.6 Å². The molecule has 10 nitrogen and oxygen atoms in total. The van der Waals surface area contributed by atoms with Crippen LogP contribution in [0.2, 0.25) is 0 Å². The molecule has 2 heterocycles. The van der Waals surface area contributed by atoms with Gasteiger partial charge in [-0.05, 0) is 85.8 Å². The second kappa shape index (κ2) is 11.9. The largest absolute Gasteiger partial charge is 0.391 e. The van der Waals surface area contributed by atoms with Crippen molar-refractivity contribution in [3.05, 3.63) is 72.1 Å². The van der Waals surface area contributed by atoms with E-state index in [4.69, 9.17) is 5.73 Å². The second-order valence-electron chi connectivity index (χ2n) is 15.2. The van der Waals surface area contributed by atoms with E-state index in [1.165, 1.54) is 19.3 Å². The molecule has 4 atom stereocenters. The highest BCUT2D eigenvalue weighted by Crippen LogP contribution is 2.64. The maximum Gasteiger partial charge on any atom is 0.248 e. The van der Waals surface area contributed by atoms with Gasteiger partial charge in [-0.2, -0.15) is 0 Å². The number of amides is 3. The van der Waals surface area contributed by atoms with Crippen molar-refractivity contribution >= 4 is 17.7 Å². The fourth-order valence-electron chi connectivity index (χ4n) is 9.80. The lowest BCUT2D eigenvalue weighted by atomic mass is 9.47. The lowest BCUT2D eigenvalue weighted by molar-refractivity contribution is -0.154. The van der Waals surface area contributed by atoms with Crippen LogP contribution in [0.25, 0.3) is 11.1 Å². The summed E-state index contributed by atoms with van der Waals surface area (Å²) >= 11 is 0. The summed E-state index contributed by atoms with van der Waals surface area (Å²) in [5.74, 6) is 0.953. The van der Waals surface area contributed by atoms with Crippen molar-refractivity contribution in [3.63, 3.8) is 0 Å². The summed E-state index contributed by atoms with van der Waals surface area (Å²) in [5.41, 5.74) is 9.48. The Hall–Kier alpha value is -4.05. The molecular weight excluding hydrogens is 592 g/mol. The number of aromatic nitrogens is 3. The highest BCUT2D eigenvalue weighted by atomic mass is 16.3. The molecule has 5 aliphatic carbocycles. The number of β-amino-alcohol motifs (C(OH)–C–C–N with tert-alkyl or cyclic N) is 1. The Morgan fingerprint density at radius 2 is 1.55 bits per heavy atom. The van der Waals surface area contributed by atoms with Gasteiger partial charge in [-0.3, -0.25) is 14.4 Å². The molecule has 0 spiro atoms. The molecule has 47 heavy (non-hydrogen) atoms. The van der Waals surface area contributed by atoms with Gasteiger partial charge in [0.25, 0.3) is 0 Å². The van der Waals surface area contributed by atoms with Gasteiger partial charge in [-0.15, -0.1) is 5.10 Å². The Balaban J connectivity index is 1.03. The van der Waals surface area contributed by atoms with Gasteiger partial charge in [0, 0.05) is 36.9 Å². The monoisotopic (exact) mass is 636 g/mol. The van der Waals surface area contributed by atoms with Gasteiger partial charge >= 0.3 is 0 Å². The fraction of sp³-hybridized carbons (Fsp3) is 0.541. The first-order valence-electron chi connectivity index (χ1n) is 17.4. The average Bonchev–Trinajstić information content (AvgIpc) is 3.66. The summed E-state index contributed by atoms with van der Waals surface area (Å²) in [6.07, 6.45) is 10.3. The summed E-state index contributed by atoms with van der Waals surface area (Å²) in [4.78, 5) is 42.9. The molecule has 6 fully saturated rings. The van der Waals surface area contributed by atoms with E-state index in [-0.39, 0.29) is 30.7 Å². The molecule has 0 unspecified atom stereocenters. The Kier molecular flexibility index (Phi) is 7.66. The first-order chi connectivity index (χ1) is 22.7. The number of nitrogens with two attached hydrogens (primary N) is 1. The van der Waals surface area contributed by atoms with Gasteiger partial charge in [0.05, 0.1) is 11.8 Å². The van der Waals surface area contributed by atoms with Crippen LogP contribution in [0.4, 0.5) is 0 Å². The molecule has 3 amide bonds. The summed E-state index contributed by atoms with van der Waals surface area (Å²) in [7, 11) is 0. The number of rotatable bonds is 10. The molecule has 246 valence electrons. The van der Waals surface area contributed by atoms with Gasteiger partial charge in [0.2, 0.25) is 17.7 Å². The number of hydrogen-bond acceptors (Lipinski definition) is 6. The zero-order valence-electron chi connectivity index (χ0n) is 26.7. The van der Waals surface area contributed by atoms with Gasteiger partial charge in [0.1, 0.15) is 18.1 Å². The van der Waals surface area contributed by atoms with Crippen LogP contribution in [0.1, 0.15) is 81.0 Å². The van der Waals surface area contributed by atoms with E-state index in [1.54, 1.807) is 9.58 Å². The third-order valence-corrected chi connectivity index (χ3v) is 11.7. The van der Waals surface area contributed by atoms with Crippen LogP contribution in [0, 0.1) is 23.2 Å². The molecule has 3 aromatic rings. The minimum Gasteiger partial charge on any atom is -0.391 e. The number of primary amides is 1. The number of nitrogens with one attached hydrogen (secondary N) is 1. The zero-order chi connectivity index (χ0) is 32.3. The highest BCUT2D eigenvalue weighted by Gasteiger charge is 2.58. The van der Waals surface area contributed by atoms with E-state index in [9.17, 15) is 19.5 Å². The Bertz CT molecular complexity index is 1620. The van der Waals surface area contributed by atoms with Crippen LogP contribution in [0.3, 0.4) is 0 Å². The van der Waals surface area contributed by atoms with Crippen molar-refractivity contribution in [1.82, 2.24) is 25.2 Å². The third kappa shape index (κ3) is 5.85. The van der Waals surface area contributed by atoms with Crippen LogP contribution in [-0.4, -0.2) is 67.5 Å². The van der Waals surface area contributed by atoms with Crippen LogP contribution < -0.4 is 11.1 Å². The van der Waals surface area contributed by atoms with Crippen LogP contribution in [0.15, 0.2) is 60.8 Å². The minimum atomic E-state index is -0.963. The third-order valence-electron chi connectivity index (χ3n) is 11.7. The molecule has 9 rings (SSSR count). The summed E-state index contributed by atoms with van der Waals surface area (Å²) in [6, 6.07) is 15.4. The molecule has 0 radical (unpaired) electrons. The van der Waals surface area contributed by atoms with Crippen molar-refractivity contribution in [1.29, 1.82) is 0 Å². The number of carbonyl (C=O) groups is 3. The van der Waals surface area contributed by atoms with Crippen LogP contribution in [0.5, 0.6) is 0 Å². The number of likely N-dealkylation sites (tertiary alicyclic amines) is 1. The van der Waals surface area contributed by atoms with E-state index < -0.39 is 36.0 Å². The van der Waals surface area contributed by atoms with Crippen molar-refractivity contribution < 1.29 is 19.5 Å². The molecule has 2 aromatic carbocycles. The Morgan fingerprint density at radius 3 is 2.17 bits per heavy atom. The predicted octanol–water partition coefficient (Wildman–Crippen LogP) is 3.75. The molecule has 10 heteroatoms. The Labute approximate surface area is 275 Å². The second-order valence-corrected chi connectivity index (χ2v) is 15.2. The molecule has 4 N–H and O–H groups in total.